The minimum absolute atomic E-state index is 0.00979. The van der Waals surface area contributed by atoms with Gasteiger partial charge in [-0.1, -0.05) is 12.1 Å². The number of anilines is 1. The van der Waals surface area contributed by atoms with Gasteiger partial charge in [-0.3, -0.25) is 14.9 Å². The molecule has 9 nitrogen and oxygen atoms in total. The summed E-state index contributed by atoms with van der Waals surface area (Å²) in [5, 5.41) is 16.8. The maximum atomic E-state index is 12.1. The largest absolute Gasteiger partial charge is 0.444 e. The number of rotatable bonds is 7. The number of nitro benzene ring substituents is 1. The highest BCUT2D eigenvalue weighted by molar-refractivity contribution is 5.76. The first-order valence-electron chi connectivity index (χ1n) is 9.87. The Balaban J connectivity index is 1.66. The summed E-state index contributed by atoms with van der Waals surface area (Å²) in [5.41, 5.74) is -0.0704. The molecule has 0 spiro atoms. The minimum Gasteiger partial charge on any atom is -0.444 e. The SMILES string of the molecule is CC(C)(C)OC(=O)N1CCC(CC(=O)NCCNc2ccccc2[N+](=O)[O-])CC1. The number of nitro groups is 1. The third-order valence-electron chi connectivity index (χ3n) is 4.60. The first-order valence-corrected chi connectivity index (χ1v) is 9.87. The highest BCUT2D eigenvalue weighted by atomic mass is 16.6. The Bertz CT molecular complexity index is 724. The maximum absolute atomic E-state index is 12.1. The van der Waals surface area contributed by atoms with E-state index in [9.17, 15) is 19.7 Å². The number of likely N-dealkylation sites (tertiary alicyclic amines) is 1. The van der Waals surface area contributed by atoms with Crippen molar-refractivity contribution < 1.29 is 19.2 Å². The van der Waals surface area contributed by atoms with Crippen molar-refractivity contribution in [1.29, 1.82) is 0 Å². The van der Waals surface area contributed by atoms with Crippen LogP contribution in [0.4, 0.5) is 16.2 Å². The molecule has 1 aromatic carbocycles. The summed E-state index contributed by atoms with van der Waals surface area (Å²) in [5.74, 6) is 0.182. The van der Waals surface area contributed by atoms with Crippen molar-refractivity contribution in [3.63, 3.8) is 0 Å². The minimum atomic E-state index is -0.512. The Morgan fingerprint density at radius 2 is 1.86 bits per heavy atom. The van der Waals surface area contributed by atoms with Gasteiger partial charge in [-0.25, -0.2) is 4.79 Å². The molecule has 1 fully saturated rings. The van der Waals surface area contributed by atoms with E-state index in [1.807, 2.05) is 20.8 Å². The molecule has 0 radical (unpaired) electrons. The summed E-state index contributed by atoms with van der Waals surface area (Å²) in [6, 6.07) is 6.40. The van der Waals surface area contributed by atoms with Gasteiger partial charge in [-0.05, 0) is 45.6 Å². The van der Waals surface area contributed by atoms with Crippen LogP contribution >= 0.6 is 0 Å². The van der Waals surface area contributed by atoms with Crippen molar-refractivity contribution in [2.45, 2.75) is 45.6 Å². The molecule has 9 heteroatoms. The molecule has 29 heavy (non-hydrogen) atoms. The van der Waals surface area contributed by atoms with Gasteiger partial charge in [-0.2, -0.15) is 0 Å². The molecule has 1 saturated heterocycles. The highest BCUT2D eigenvalue weighted by Gasteiger charge is 2.27. The topological polar surface area (TPSA) is 114 Å². The predicted octanol–water partition coefficient (Wildman–Crippen LogP) is 3.16. The number of para-hydroxylation sites is 2. The number of nitrogens with zero attached hydrogens (tertiary/aromatic N) is 2. The summed E-state index contributed by atoms with van der Waals surface area (Å²) in [6.45, 7) is 7.47. The lowest BCUT2D eigenvalue weighted by molar-refractivity contribution is -0.384. The van der Waals surface area contributed by atoms with E-state index >= 15 is 0 Å². The average Bonchev–Trinajstić information content (AvgIpc) is 2.64. The molecule has 160 valence electrons. The molecule has 1 aromatic rings. The zero-order valence-electron chi connectivity index (χ0n) is 17.3. The number of nitrogens with one attached hydrogen (secondary N) is 2. The summed E-state index contributed by atoms with van der Waals surface area (Å²) in [7, 11) is 0. The Kier molecular flexibility index (Phi) is 7.81. The number of carbonyl (C=O) groups is 2. The second-order valence-electron chi connectivity index (χ2n) is 8.17. The number of hydrogen-bond donors (Lipinski definition) is 2. The number of carbonyl (C=O) groups excluding carboxylic acids is 2. The fourth-order valence-electron chi connectivity index (χ4n) is 3.16. The number of ether oxygens (including phenoxy) is 1. The van der Waals surface area contributed by atoms with Crippen LogP contribution in [0.2, 0.25) is 0 Å². The summed E-state index contributed by atoms with van der Waals surface area (Å²) >= 11 is 0. The van der Waals surface area contributed by atoms with Crippen molar-refractivity contribution in [2.24, 2.45) is 5.92 Å². The molecule has 0 aliphatic carbocycles. The average molecular weight is 406 g/mol. The van der Waals surface area contributed by atoms with Crippen molar-refractivity contribution in [1.82, 2.24) is 10.2 Å². The zero-order valence-corrected chi connectivity index (χ0v) is 17.3. The van der Waals surface area contributed by atoms with E-state index in [0.29, 0.717) is 38.3 Å². The van der Waals surface area contributed by atoms with Crippen LogP contribution in [0, 0.1) is 16.0 Å². The standard InChI is InChI=1S/C20H30N4O5/c1-20(2,3)29-19(26)23-12-8-15(9-13-23)14-18(25)22-11-10-21-16-6-4-5-7-17(16)24(27)28/h4-7,15,21H,8-14H2,1-3H3,(H,22,25). The first-order chi connectivity index (χ1) is 13.7. The van der Waals surface area contributed by atoms with E-state index in [0.717, 1.165) is 12.8 Å². The molecular weight excluding hydrogens is 376 g/mol. The first kappa shape index (κ1) is 22.4. The van der Waals surface area contributed by atoms with Gasteiger partial charge >= 0.3 is 6.09 Å². The van der Waals surface area contributed by atoms with Gasteiger partial charge in [0, 0.05) is 38.7 Å². The quantitative estimate of drug-likeness (QED) is 0.408. The van der Waals surface area contributed by atoms with Crippen molar-refractivity contribution >= 4 is 23.4 Å². The number of piperidine rings is 1. The Morgan fingerprint density at radius 3 is 2.48 bits per heavy atom. The second kappa shape index (κ2) is 10.1. The Hall–Kier alpha value is -2.84. The normalized spacial score (nSPS) is 14.9. The van der Waals surface area contributed by atoms with Gasteiger partial charge in [-0.15, -0.1) is 0 Å². The van der Waals surface area contributed by atoms with Gasteiger partial charge < -0.3 is 20.3 Å². The summed E-state index contributed by atoms with van der Waals surface area (Å²) < 4.78 is 5.38. The molecule has 2 amide bonds. The van der Waals surface area contributed by atoms with Crippen molar-refractivity contribution in [3.8, 4) is 0 Å². The van der Waals surface area contributed by atoms with Crippen LogP contribution in [0.25, 0.3) is 0 Å². The maximum Gasteiger partial charge on any atom is 0.410 e. The van der Waals surface area contributed by atoms with Crippen LogP contribution in [0.15, 0.2) is 24.3 Å². The molecule has 0 atom stereocenters. The molecule has 2 N–H and O–H groups in total. The van der Waals surface area contributed by atoms with Gasteiger partial charge in [0.25, 0.3) is 5.69 Å². The van der Waals surface area contributed by atoms with E-state index < -0.39 is 10.5 Å². The van der Waals surface area contributed by atoms with Gasteiger partial charge in [0.1, 0.15) is 11.3 Å². The van der Waals surface area contributed by atoms with Crippen LogP contribution in [-0.2, 0) is 9.53 Å². The number of amides is 2. The van der Waals surface area contributed by atoms with Crippen LogP contribution in [-0.4, -0.2) is 53.6 Å². The summed E-state index contributed by atoms with van der Waals surface area (Å²) in [4.78, 5) is 36.5. The molecule has 1 aliphatic rings. The van der Waals surface area contributed by atoms with Gasteiger partial charge in [0.2, 0.25) is 5.91 Å². The third-order valence-corrected chi connectivity index (χ3v) is 4.60. The number of hydrogen-bond acceptors (Lipinski definition) is 6. The molecule has 0 unspecified atom stereocenters. The van der Waals surface area contributed by atoms with Gasteiger partial charge in [0.05, 0.1) is 4.92 Å². The van der Waals surface area contributed by atoms with Crippen molar-refractivity contribution in [2.75, 3.05) is 31.5 Å². The molecule has 0 aromatic heterocycles. The smallest absolute Gasteiger partial charge is 0.410 e. The summed E-state index contributed by atoms with van der Waals surface area (Å²) in [6.07, 6.45) is 1.64. The van der Waals surface area contributed by atoms with Crippen molar-refractivity contribution in [3.05, 3.63) is 34.4 Å². The molecule has 0 bridgehead atoms. The predicted molar refractivity (Wildman–Crippen MR) is 110 cm³/mol. The molecule has 1 heterocycles. The Labute approximate surface area is 170 Å². The number of benzene rings is 1. The van der Waals surface area contributed by atoms with Crippen LogP contribution in [0.3, 0.4) is 0 Å². The lowest BCUT2D eigenvalue weighted by atomic mass is 9.93. The van der Waals surface area contributed by atoms with E-state index in [1.165, 1.54) is 6.07 Å². The fourth-order valence-corrected chi connectivity index (χ4v) is 3.16. The zero-order chi connectivity index (χ0) is 21.4. The molecular formula is C20H30N4O5. The second-order valence-corrected chi connectivity index (χ2v) is 8.17. The Morgan fingerprint density at radius 1 is 1.21 bits per heavy atom. The van der Waals surface area contributed by atoms with Crippen LogP contribution < -0.4 is 10.6 Å². The van der Waals surface area contributed by atoms with E-state index in [4.69, 9.17) is 4.74 Å². The third kappa shape index (κ3) is 7.59. The van der Waals surface area contributed by atoms with Gasteiger partial charge in [0.15, 0.2) is 0 Å². The van der Waals surface area contributed by atoms with E-state index in [2.05, 4.69) is 10.6 Å². The monoisotopic (exact) mass is 406 g/mol. The van der Waals surface area contributed by atoms with E-state index in [1.54, 1.807) is 23.1 Å². The highest BCUT2D eigenvalue weighted by Crippen LogP contribution is 2.23. The molecule has 0 saturated carbocycles. The molecule has 1 aliphatic heterocycles. The van der Waals surface area contributed by atoms with Crippen LogP contribution in [0.1, 0.15) is 40.0 Å². The molecule has 2 rings (SSSR count). The van der Waals surface area contributed by atoms with Crippen LogP contribution in [0.5, 0.6) is 0 Å². The van der Waals surface area contributed by atoms with E-state index in [-0.39, 0.29) is 23.6 Å². The lowest BCUT2D eigenvalue weighted by Crippen LogP contribution is -2.42. The lowest BCUT2D eigenvalue weighted by Gasteiger charge is -2.33. The fraction of sp³-hybridized carbons (Fsp3) is 0.600.